The summed E-state index contributed by atoms with van der Waals surface area (Å²) in [4.78, 5) is 0. The molecule has 0 aliphatic heterocycles. The van der Waals surface area contributed by atoms with E-state index in [0.717, 1.165) is 5.92 Å². The van der Waals surface area contributed by atoms with Gasteiger partial charge in [0.05, 0.1) is 0 Å². The maximum Gasteiger partial charge on any atom is 0.0424 e. The van der Waals surface area contributed by atoms with Crippen LogP contribution in [0.25, 0.3) is 0 Å². The molecule has 0 radical (unpaired) electrons. The summed E-state index contributed by atoms with van der Waals surface area (Å²) >= 11 is 0. The fourth-order valence-electron chi connectivity index (χ4n) is 2.55. The topological polar surface area (TPSA) is 17.0 Å². The second-order valence-corrected chi connectivity index (χ2v) is 4.70. The predicted molar refractivity (Wildman–Crippen MR) is 64.4 cm³/mol. The third-order valence-corrected chi connectivity index (χ3v) is 3.60. The van der Waals surface area contributed by atoms with Crippen molar-refractivity contribution in [3.63, 3.8) is 0 Å². The van der Waals surface area contributed by atoms with Crippen LogP contribution in [-0.4, -0.2) is 10.7 Å². The molecule has 0 saturated heterocycles. The van der Waals surface area contributed by atoms with Gasteiger partial charge in [-0.3, -0.25) is 4.68 Å². The third kappa shape index (κ3) is 3.01. The van der Waals surface area contributed by atoms with Gasteiger partial charge in [-0.1, -0.05) is 26.2 Å². The number of aromatic nitrogens is 1. The Labute approximate surface area is 92.6 Å². The van der Waals surface area contributed by atoms with Gasteiger partial charge in [0.15, 0.2) is 0 Å². The summed E-state index contributed by atoms with van der Waals surface area (Å²) in [6.07, 6.45) is 12.4. The van der Waals surface area contributed by atoms with Gasteiger partial charge in [-0.25, -0.2) is 0 Å². The van der Waals surface area contributed by atoms with Gasteiger partial charge in [0, 0.05) is 18.4 Å². The van der Waals surface area contributed by atoms with Gasteiger partial charge in [0.25, 0.3) is 0 Å². The molecule has 0 amide bonds. The normalized spacial score (nSPS) is 27.3. The SMILES string of the molecule is CCC1CCCC(Nn2cccc2)CC1. The summed E-state index contributed by atoms with van der Waals surface area (Å²) in [7, 11) is 0. The van der Waals surface area contributed by atoms with Gasteiger partial charge < -0.3 is 5.43 Å². The molecule has 2 unspecified atom stereocenters. The maximum absolute atomic E-state index is 3.56. The molecule has 1 fully saturated rings. The van der Waals surface area contributed by atoms with Crippen molar-refractivity contribution in [3.05, 3.63) is 24.5 Å². The Morgan fingerprint density at radius 1 is 1.13 bits per heavy atom. The summed E-state index contributed by atoms with van der Waals surface area (Å²) in [5, 5.41) is 0. The van der Waals surface area contributed by atoms with Gasteiger partial charge in [-0.15, -0.1) is 0 Å². The van der Waals surface area contributed by atoms with Crippen LogP contribution in [0.2, 0.25) is 0 Å². The van der Waals surface area contributed by atoms with Crippen molar-refractivity contribution >= 4 is 0 Å². The average molecular weight is 206 g/mol. The molecule has 2 rings (SSSR count). The van der Waals surface area contributed by atoms with Crippen molar-refractivity contribution in [1.29, 1.82) is 0 Å². The maximum atomic E-state index is 3.56. The fourth-order valence-corrected chi connectivity index (χ4v) is 2.55. The highest BCUT2D eigenvalue weighted by atomic mass is 15.4. The van der Waals surface area contributed by atoms with Crippen molar-refractivity contribution in [2.45, 2.75) is 51.5 Å². The lowest BCUT2D eigenvalue weighted by Gasteiger charge is -2.18. The minimum absolute atomic E-state index is 0.675. The van der Waals surface area contributed by atoms with E-state index in [-0.39, 0.29) is 0 Å². The molecule has 2 atom stereocenters. The molecule has 1 aliphatic rings. The van der Waals surface area contributed by atoms with Crippen LogP contribution < -0.4 is 5.43 Å². The quantitative estimate of drug-likeness (QED) is 0.750. The van der Waals surface area contributed by atoms with E-state index >= 15 is 0 Å². The highest BCUT2D eigenvalue weighted by Gasteiger charge is 2.17. The molecule has 2 nitrogen and oxygen atoms in total. The van der Waals surface area contributed by atoms with Crippen molar-refractivity contribution in [1.82, 2.24) is 4.68 Å². The second kappa shape index (κ2) is 5.24. The highest BCUT2D eigenvalue weighted by Crippen LogP contribution is 2.25. The molecule has 0 spiro atoms. The molecule has 15 heavy (non-hydrogen) atoms. The lowest BCUT2D eigenvalue weighted by Crippen LogP contribution is -2.26. The van der Waals surface area contributed by atoms with Crippen molar-refractivity contribution in [2.24, 2.45) is 5.92 Å². The van der Waals surface area contributed by atoms with Gasteiger partial charge in [-0.2, -0.15) is 0 Å². The lowest BCUT2D eigenvalue weighted by molar-refractivity contribution is 0.443. The van der Waals surface area contributed by atoms with Gasteiger partial charge in [0.2, 0.25) is 0 Å². The second-order valence-electron chi connectivity index (χ2n) is 4.70. The van der Waals surface area contributed by atoms with Crippen LogP contribution in [-0.2, 0) is 0 Å². The van der Waals surface area contributed by atoms with E-state index in [1.807, 2.05) is 0 Å². The molecule has 2 heteroatoms. The first kappa shape index (κ1) is 10.6. The van der Waals surface area contributed by atoms with Crippen molar-refractivity contribution in [2.75, 3.05) is 5.43 Å². The Morgan fingerprint density at radius 2 is 1.93 bits per heavy atom. The van der Waals surface area contributed by atoms with E-state index in [1.165, 1.54) is 38.5 Å². The largest absolute Gasteiger partial charge is 0.323 e. The van der Waals surface area contributed by atoms with Crippen LogP contribution in [0.15, 0.2) is 24.5 Å². The number of rotatable bonds is 3. The molecular formula is C13H22N2. The molecule has 1 aliphatic carbocycles. The molecular weight excluding hydrogens is 184 g/mol. The van der Waals surface area contributed by atoms with Crippen LogP contribution in [0.1, 0.15) is 45.4 Å². The lowest BCUT2D eigenvalue weighted by atomic mass is 9.98. The van der Waals surface area contributed by atoms with E-state index in [4.69, 9.17) is 0 Å². The fraction of sp³-hybridized carbons (Fsp3) is 0.692. The van der Waals surface area contributed by atoms with E-state index < -0.39 is 0 Å². The smallest absolute Gasteiger partial charge is 0.0424 e. The van der Waals surface area contributed by atoms with Gasteiger partial charge >= 0.3 is 0 Å². The Bertz CT molecular complexity index is 266. The van der Waals surface area contributed by atoms with Crippen LogP contribution in [0.4, 0.5) is 0 Å². The summed E-state index contributed by atoms with van der Waals surface area (Å²) in [6.45, 7) is 2.32. The summed E-state index contributed by atoms with van der Waals surface area (Å²) in [6, 6.07) is 4.81. The zero-order chi connectivity index (χ0) is 10.5. The molecule has 0 aromatic carbocycles. The third-order valence-electron chi connectivity index (χ3n) is 3.60. The van der Waals surface area contributed by atoms with Gasteiger partial charge in [-0.05, 0) is 37.3 Å². The zero-order valence-electron chi connectivity index (χ0n) is 9.65. The highest BCUT2D eigenvalue weighted by molar-refractivity contribution is 4.95. The van der Waals surface area contributed by atoms with E-state index in [1.54, 1.807) is 0 Å². The monoisotopic (exact) mass is 206 g/mol. The first-order valence-corrected chi connectivity index (χ1v) is 6.28. The number of nitrogens with one attached hydrogen (secondary N) is 1. The molecule has 1 aromatic heterocycles. The molecule has 84 valence electrons. The minimum Gasteiger partial charge on any atom is -0.323 e. The van der Waals surface area contributed by atoms with Crippen molar-refractivity contribution in [3.8, 4) is 0 Å². The van der Waals surface area contributed by atoms with E-state index in [0.29, 0.717) is 6.04 Å². The Kier molecular flexibility index (Phi) is 3.70. The number of hydrogen-bond donors (Lipinski definition) is 1. The van der Waals surface area contributed by atoms with Gasteiger partial charge in [0.1, 0.15) is 0 Å². The first-order valence-electron chi connectivity index (χ1n) is 6.28. The van der Waals surface area contributed by atoms with E-state index in [2.05, 4.69) is 41.6 Å². The van der Waals surface area contributed by atoms with E-state index in [9.17, 15) is 0 Å². The Hall–Kier alpha value is -0.920. The summed E-state index contributed by atoms with van der Waals surface area (Å²) in [5.74, 6) is 0.974. The molecule has 0 bridgehead atoms. The number of nitrogens with zero attached hydrogens (tertiary/aromatic N) is 1. The van der Waals surface area contributed by atoms with Crippen LogP contribution >= 0.6 is 0 Å². The van der Waals surface area contributed by atoms with Crippen LogP contribution in [0, 0.1) is 5.92 Å². The number of hydrogen-bond acceptors (Lipinski definition) is 1. The standard InChI is InChI=1S/C13H22N2/c1-2-12-6-5-7-13(9-8-12)14-15-10-3-4-11-15/h3-4,10-14H,2,5-9H2,1H3. The Balaban J connectivity index is 1.83. The zero-order valence-corrected chi connectivity index (χ0v) is 9.65. The average Bonchev–Trinajstić information content (AvgIpc) is 2.64. The first-order chi connectivity index (χ1) is 7.38. The Morgan fingerprint density at radius 3 is 2.67 bits per heavy atom. The van der Waals surface area contributed by atoms with Crippen molar-refractivity contribution < 1.29 is 0 Å². The molecule has 1 saturated carbocycles. The summed E-state index contributed by atoms with van der Waals surface area (Å²) in [5.41, 5.74) is 3.56. The minimum atomic E-state index is 0.675. The molecule has 1 N–H and O–H groups in total. The predicted octanol–water partition coefficient (Wildman–Crippen LogP) is 3.39. The molecule has 1 heterocycles. The van der Waals surface area contributed by atoms with Crippen LogP contribution in [0.5, 0.6) is 0 Å². The molecule has 1 aromatic rings. The summed E-state index contributed by atoms with van der Waals surface area (Å²) < 4.78 is 2.09. The van der Waals surface area contributed by atoms with Crippen LogP contribution in [0.3, 0.4) is 0 Å².